The molecule has 33 heavy (non-hydrogen) atoms. The average molecular weight is 456 g/mol. The van der Waals surface area contributed by atoms with Gasteiger partial charge in [-0.2, -0.15) is 0 Å². The fraction of sp³-hybridized carbons (Fsp3) is 0.481. The van der Waals surface area contributed by atoms with E-state index in [0.29, 0.717) is 29.3 Å². The number of aliphatic hydroxyl groups is 2. The highest BCUT2D eigenvalue weighted by atomic mass is 16.5. The van der Waals surface area contributed by atoms with E-state index < -0.39 is 12.1 Å². The van der Waals surface area contributed by atoms with Crippen molar-refractivity contribution >= 4 is 12.0 Å². The van der Waals surface area contributed by atoms with Crippen LogP contribution in [0, 0.1) is 0 Å². The molecule has 0 spiro atoms. The van der Waals surface area contributed by atoms with Gasteiger partial charge in [0.1, 0.15) is 11.4 Å². The first-order valence-electron chi connectivity index (χ1n) is 12.0. The maximum absolute atomic E-state index is 11.2. The van der Waals surface area contributed by atoms with E-state index in [4.69, 9.17) is 14.9 Å². The van der Waals surface area contributed by atoms with Gasteiger partial charge < -0.3 is 20.1 Å². The van der Waals surface area contributed by atoms with Crippen LogP contribution in [0.1, 0.15) is 91.7 Å². The van der Waals surface area contributed by atoms with Crippen molar-refractivity contribution in [1.82, 2.24) is 4.98 Å². The second-order valence-corrected chi connectivity index (χ2v) is 8.24. The number of hydrogen-bond acceptors (Lipinski definition) is 5. The second kappa shape index (κ2) is 15.2. The normalized spacial score (nSPS) is 12.2. The predicted molar refractivity (Wildman–Crippen MR) is 131 cm³/mol. The summed E-state index contributed by atoms with van der Waals surface area (Å²) in [7, 11) is 0. The Balaban J connectivity index is 1.93. The van der Waals surface area contributed by atoms with Crippen LogP contribution in [0.3, 0.4) is 0 Å². The Labute approximate surface area is 197 Å². The summed E-state index contributed by atoms with van der Waals surface area (Å²) in [5, 5.41) is 28.9. The van der Waals surface area contributed by atoms with Gasteiger partial charge in [0.25, 0.3) is 0 Å². The number of unbranched alkanes of at least 4 members (excludes halogenated alkanes) is 7. The maximum Gasteiger partial charge on any atom is 0.335 e. The van der Waals surface area contributed by atoms with E-state index in [-0.39, 0.29) is 18.6 Å². The molecule has 6 nitrogen and oxygen atoms in total. The number of carboxylic acids is 1. The molecule has 3 N–H and O–H groups in total. The highest BCUT2D eigenvalue weighted by molar-refractivity contribution is 5.87. The lowest BCUT2D eigenvalue weighted by Crippen LogP contribution is -2.07. The summed E-state index contributed by atoms with van der Waals surface area (Å²) in [6.45, 7) is 2.74. The van der Waals surface area contributed by atoms with Crippen LogP contribution in [0.5, 0.6) is 5.75 Å². The van der Waals surface area contributed by atoms with E-state index in [1.807, 2.05) is 12.1 Å². The highest BCUT2D eigenvalue weighted by Gasteiger charge is 2.14. The van der Waals surface area contributed by atoms with E-state index >= 15 is 0 Å². The molecule has 0 aliphatic carbocycles. The van der Waals surface area contributed by atoms with Gasteiger partial charge in [-0.25, -0.2) is 9.78 Å². The molecule has 1 unspecified atom stereocenters. The Morgan fingerprint density at radius 3 is 2.48 bits per heavy atom. The second-order valence-electron chi connectivity index (χ2n) is 8.24. The van der Waals surface area contributed by atoms with Crippen LogP contribution in [-0.2, 0) is 6.42 Å². The smallest absolute Gasteiger partial charge is 0.335 e. The van der Waals surface area contributed by atoms with Gasteiger partial charge in [-0.3, -0.25) is 0 Å². The van der Waals surface area contributed by atoms with Crippen molar-refractivity contribution < 1.29 is 24.9 Å². The van der Waals surface area contributed by atoms with Crippen molar-refractivity contribution in [2.24, 2.45) is 0 Å². The molecule has 0 radical (unpaired) electrons. The molecule has 2 rings (SSSR count). The Morgan fingerprint density at radius 1 is 1.06 bits per heavy atom. The Hall–Kier alpha value is -2.70. The summed E-state index contributed by atoms with van der Waals surface area (Å²) < 4.78 is 5.94. The summed E-state index contributed by atoms with van der Waals surface area (Å²) in [6, 6.07) is 9.93. The maximum atomic E-state index is 11.2. The molecule has 1 atom stereocenters. The number of benzene rings is 1. The van der Waals surface area contributed by atoms with Crippen LogP contribution in [0.2, 0.25) is 0 Å². The molecule has 0 amide bonds. The molecular weight excluding hydrogens is 418 g/mol. The van der Waals surface area contributed by atoms with Gasteiger partial charge in [0.05, 0.1) is 24.9 Å². The van der Waals surface area contributed by atoms with Crippen LogP contribution in [0.25, 0.3) is 6.08 Å². The number of rotatable bonds is 16. The lowest BCUT2D eigenvalue weighted by atomic mass is 10.0. The molecule has 0 saturated carbocycles. The SMILES string of the molecule is CCCCCCCCCCOc1ccc(CC(O)c2cccc(C(=O)O)c2)nc1/C=C/CO. The van der Waals surface area contributed by atoms with Gasteiger partial charge in [-0.15, -0.1) is 0 Å². The van der Waals surface area contributed by atoms with Crippen LogP contribution in [0.4, 0.5) is 0 Å². The third-order valence-electron chi connectivity index (χ3n) is 5.50. The number of carbonyl (C=O) groups is 1. The molecular formula is C27H37NO5. The van der Waals surface area contributed by atoms with Gasteiger partial charge >= 0.3 is 5.97 Å². The molecule has 0 saturated heterocycles. The Morgan fingerprint density at radius 2 is 1.79 bits per heavy atom. The minimum absolute atomic E-state index is 0.103. The van der Waals surface area contributed by atoms with Crippen molar-refractivity contribution in [3.63, 3.8) is 0 Å². The Kier molecular flexibility index (Phi) is 12.2. The lowest BCUT2D eigenvalue weighted by molar-refractivity contribution is 0.0696. The lowest BCUT2D eigenvalue weighted by Gasteiger charge is -2.14. The van der Waals surface area contributed by atoms with Gasteiger partial charge in [0.15, 0.2) is 0 Å². The van der Waals surface area contributed by atoms with Gasteiger partial charge in [0, 0.05) is 12.1 Å². The third-order valence-corrected chi connectivity index (χ3v) is 5.50. The monoisotopic (exact) mass is 455 g/mol. The standard InChI is InChI=1S/C27H37NO5/c1-2-3-4-5-6-7-8-9-18-33-26-16-15-23(28-24(26)14-11-17-29)20-25(30)21-12-10-13-22(19-21)27(31)32/h10-16,19,25,29-30H,2-9,17-18,20H2,1H3,(H,31,32)/b14-11+. The molecule has 0 fully saturated rings. The molecule has 6 heteroatoms. The third kappa shape index (κ3) is 9.76. The number of nitrogens with zero attached hydrogens (tertiary/aromatic N) is 1. The van der Waals surface area contributed by atoms with Gasteiger partial charge in [0.2, 0.25) is 0 Å². The first kappa shape index (κ1) is 26.6. The van der Waals surface area contributed by atoms with E-state index in [0.717, 1.165) is 12.8 Å². The van der Waals surface area contributed by atoms with Crippen LogP contribution < -0.4 is 4.74 Å². The summed E-state index contributed by atoms with van der Waals surface area (Å²) >= 11 is 0. The molecule has 0 bridgehead atoms. The number of aromatic carboxylic acids is 1. The van der Waals surface area contributed by atoms with Gasteiger partial charge in [-0.05, 0) is 42.3 Å². The van der Waals surface area contributed by atoms with Crippen LogP contribution in [-0.4, -0.2) is 39.5 Å². The van der Waals surface area contributed by atoms with Crippen molar-refractivity contribution in [2.45, 2.75) is 70.8 Å². The van der Waals surface area contributed by atoms with Crippen LogP contribution in [0.15, 0.2) is 42.5 Å². The zero-order chi connectivity index (χ0) is 23.9. The van der Waals surface area contributed by atoms with Crippen molar-refractivity contribution in [2.75, 3.05) is 13.2 Å². The summed E-state index contributed by atoms with van der Waals surface area (Å²) in [6.07, 6.45) is 12.5. The first-order chi connectivity index (χ1) is 16.0. The van der Waals surface area contributed by atoms with E-state index in [9.17, 15) is 9.90 Å². The quantitative estimate of drug-likeness (QED) is 0.286. The van der Waals surface area contributed by atoms with Crippen LogP contribution >= 0.6 is 0 Å². The molecule has 2 aromatic rings. The minimum Gasteiger partial charge on any atom is -0.491 e. The number of aliphatic hydroxyl groups excluding tert-OH is 2. The number of ether oxygens (including phenoxy) is 1. The number of pyridine rings is 1. The molecule has 1 heterocycles. The predicted octanol–water partition coefficient (Wildman–Crippen LogP) is 5.58. The zero-order valence-corrected chi connectivity index (χ0v) is 19.6. The van der Waals surface area contributed by atoms with E-state index in [1.54, 1.807) is 24.3 Å². The van der Waals surface area contributed by atoms with Gasteiger partial charge in [-0.1, -0.05) is 70.1 Å². The molecule has 0 aliphatic rings. The molecule has 180 valence electrons. The zero-order valence-electron chi connectivity index (χ0n) is 19.6. The molecule has 1 aromatic heterocycles. The summed E-state index contributed by atoms with van der Waals surface area (Å²) in [4.78, 5) is 15.8. The number of hydrogen-bond donors (Lipinski definition) is 3. The van der Waals surface area contributed by atoms with Crippen molar-refractivity contribution in [3.8, 4) is 5.75 Å². The summed E-state index contributed by atoms with van der Waals surface area (Å²) in [5.74, 6) is -0.384. The Bertz CT molecular complexity index is 881. The largest absolute Gasteiger partial charge is 0.491 e. The average Bonchev–Trinajstić information content (AvgIpc) is 2.82. The van der Waals surface area contributed by atoms with Crippen molar-refractivity contribution in [1.29, 1.82) is 0 Å². The number of carboxylic acid groups (broad SMARTS) is 1. The molecule has 1 aromatic carbocycles. The molecule has 0 aliphatic heterocycles. The highest BCUT2D eigenvalue weighted by Crippen LogP contribution is 2.23. The fourth-order valence-electron chi connectivity index (χ4n) is 3.64. The van der Waals surface area contributed by atoms with E-state index in [2.05, 4.69) is 11.9 Å². The van der Waals surface area contributed by atoms with Crippen molar-refractivity contribution in [3.05, 3.63) is 65.0 Å². The van der Waals surface area contributed by atoms with E-state index in [1.165, 1.54) is 50.7 Å². The first-order valence-corrected chi connectivity index (χ1v) is 12.0. The topological polar surface area (TPSA) is 99.9 Å². The summed E-state index contributed by atoms with van der Waals surface area (Å²) in [5.41, 5.74) is 1.92. The number of aromatic nitrogens is 1. The fourth-order valence-corrected chi connectivity index (χ4v) is 3.64. The minimum atomic E-state index is -1.03.